The highest BCUT2D eigenvalue weighted by Crippen LogP contribution is 2.48. The monoisotopic (exact) mass is 326 g/mol. The zero-order valence-electron chi connectivity index (χ0n) is 13.7. The number of nitriles is 1. The van der Waals surface area contributed by atoms with Crippen LogP contribution < -0.4 is 0 Å². The van der Waals surface area contributed by atoms with E-state index in [0.717, 1.165) is 37.8 Å². The number of rotatable bonds is 5. The third-order valence-electron chi connectivity index (χ3n) is 4.81. The number of amides is 1. The number of carbonyl (C=O) groups is 2. The van der Waals surface area contributed by atoms with E-state index in [2.05, 4.69) is 6.07 Å². The first-order chi connectivity index (χ1) is 11.7. The molecule has 1 saturated carbocycles. The van der Waals surface area contributed by atoms with Gasteiger partial charge in [-0.15, -0.1) is 0 Å². The van der Waals surface area contributed by atoms with Gasteiger partial charge >= 0.3 is 5.97 Å². The van der Waals surface area contributed by atoms with Crippen molar-refractivity contribution >= 4 is 11.9 Å². The summed E-state index contributed by atoms with van der Waals surface area (Å²) >= 11 is 0. The molecule has 24 heavy (non-hydrogen) atoms. The summed E-state index contributed by atoms with van der Waals surface area (Å²) in [6, 6.07) is 9.52. The highest BCUT2D eigenvalue weighted by Gasteiger charge is 2.45. The molecule has 0 radical (unpaired) electrons. The fourth-order valence-electron chi connectivity index (χ4n) is 3.30. The zero-order valence-corrected chi connectivity index (χ0v) is 13.7. The van der Waals surface area contributed by atoms with Crippen molar-refractivity contribution in [3.05, 3.63) is 35.4 Å². The fraction of sp³-hybridized carbons (Fsp3) is 0.526. The lowest BCUT2D eigenvalue weighted by Gasteiger charge is -2.20. The molecule has 0 N–H and O–H groups in total. The molecule has 1 amide bonds. The van der Waals surface area contributed by atoms with Crippen molar-refractivity contribution in [2.75, 3.05) is 19.7 Å². The minimum atomic E-state index is -0.190. The van der Waals surface area contributed by atoms with Crippen LogP contribution in [0.2, 0.25) is 0 Å². The first-order valence-corrected chi connectivity index (χ1v) is 8.63. The summed E-state index contributed by atoms with van der Waals surface area (Å²) in [6.45, 7) is 1.53. The van der Waals surface area contributed by atoms with Gasteiger partial charge in [0.25, 0.3) is 0 Å². The summed E-state index contributed by atoms with van der Waals surface area (Å²) in [7, 11) is 0. The lowest BCUT2D eigenvalue weighted by molar-refractivity contribution is -0.147. The summed E-state index contributed by atoms with van der Waals surface area (Å²) in [5.74, 6) is 0.0233. The lowest BCUT2D eigenvalue weighted by atomic mass is 10.1. The van der Waals surface area contributed by atoms with E-state index in [4.69, 9.17) is 10.00 Å². The predicted octanol–water partition coefficient (Wildman–Crippen LogP) is 2.61. The number of hydrogen-bond acceptors (Lipinski definition) is 4. The molecule has 1 aliphatic heterocycles. The van der Waals surface area contributed by atoms with Crippen LogP contribution in [-0.2, 0) is 14.3 Å². The Labute approximate surface area is 142 Å². The van der Waals surface area contributed by atoms with Crippen LogP contribution in [0.5, 0.6) is 0 Å². The Morgan fingerprint density at radius 1 is 1.33 bits per heavy atom. The van der Waals surface area contributed by atoms with Gasteiger partial charge in [0.1, 0.15) is 6.61 Å². The third kappa shape index (κ3) is 3.94. The molecule has 1 heterocycles. The number of ether oxygens (including phenoxy) is 1. The number of benzene rings is 1. The van der Waals surface area contributed by atoms with Crippen molar-refractivity contribution in [1.82, 2.24) is 4.90 Å². The van der Waals surface area contributed by atoms with Gasteiger partial charge in [0, 0.05) is 13.0 Å². The molecule has 5 heteroatoms. The maximum Gasteiger partial charge on any atom is 0.309 e. The summed E-state index contributed by atoms with van der Waals surface area (Å²) in [6.07, 6.45) is 4.46. The second kappa shape index (κ2) is 7.48. The van der Waals surface area contributed by atoms with Crippen LogP contribution in [0.15, 0.2) is 24.3 Å². The predicted molar refractivity (Wildman–Crippen MR) is 88.0 cm³/mol. The van der Waals surface area contributed by atoms with Crippen LogP contribution in [0.3, 0.4) is 0 Å². The smallest absolute Gasteiger partial charge is 0.309 e. The van der Waals surface area contributed by atoms with E-state index >= 15 is 0 Å². The van der Waals surface area contributed by atoms with Gasteiger partial charge in [-0.2, -0.15) is 5.26 Å². The Hall–Kier alpha value is -2.35. The van der Waals surface area contributed by atoms with Gasteiger partial charge in [-0.05, 0) is 42.9 Å². The van der Waals surface area contributed by atoms with E-state index in [1.807, 2.05) is 18.2 Å². The molecular formula is C19H22N2O3. The average molecular weight is 326 g/mol. The number of nitrogens with zero attached hydrogens (tertiary/aromatic N) is 2. The van der Waals surface area contributed by atoms with E-state index < -0.39 is 0 Å². The Balaban J connectivity index is 1.45. The van der Waals surface area contributed by atoms with Crippen LogP contribution in [0.25, 0.3) is 0 Å². The Kier molecular flexibility index (Phi) is 5.14. The van der Waals surface area contributed by atoms with E-state index in [0.29, 0.717) is 18.5 Å². The van der Waals surface area contributed by atoms with Gasteiger partial charge in [0.2, 0.25) is 5.91 Å². The summed E-state index contributed by atoms with van der Waals surface area (Å²) in [4.78, 5) is 25.8. The molecule has 1 aromatic rings. The molecule has 2 fully saturated rings. The Morgan fingerprint density at radius 2 is 2.21 bits per heavy atom. The van der Waals surface area contributed by atoms with Crippen LogP contribution >= 0.6 is 0 Å². The minimum absolute atomic E-state index is 0.112. The summed E-state index contributed by atoms with van der Waals surface area (Å²) < 4.78 is 5.37. The molecule has 0 unspecified atom stereocenters. The van der Waals surface area contributed by atoms with Crippen LogP contribution in [-0.4, -0.2) is 36.5 Å². The molecule has 0 spiro atoms. The Morgan fingerprint density at radius 3 is 3.04 bits per heavy atom. The molecule has 1 aromatic carbocycles. The van der Waals surface area contributed by atoms with Crippen molar-refractivity contribution in [3.63, 3.8) is 0 Å². The highest BCUT2D eigenvalue weighted by molar-refractivity contribution is 5.78. The van der Waals surface area contributed by atoms with Crippen molar-refractivity contribution in [2.24, 2.45) is 5.92 Å². The summed E-state index contributed by atoms with van der Waals surface area (Å²) in [5, 5.41) is 8.95. The normalized spacial score (nSPS) is 23.3. The SMILES string of the molecule is N#Cc1cccc([C@@H]2C[C@@H]2C(=O)OCCN2CCCCCC2=O)c1. The molecule has 2 atom stereocenters. The number of likely N-dealkylation sites (tertiary alicyclic amines) is 1. The topological polar surface area (TPSA) is 70.4 Å². The number of carbonyl (C=O) groups excluding carboxylic acids is 2. The largest absolute Gasteiger partial charge is 0.464 e. The van der Waals surface area contributed by atoms with Crippen molar-refractivity contribution in [2.45, 2.75) is 38.0 Å². The van der Waals surface area contributed by atoms with E-state index in [1.165, 1.54) is 0 Å². The first kappa shape index (κ1) is 16.5. The van der Waals surface area contributed by atoms with E-state index in [9.17, 15) is 9.59 Å². The first-order valence-electron chi connectivity index (χ1n) is 8.63. The quantitative estimate of drug-likeness (QED) is 0.780. The maximum atomic E-state index is 12.1. The maximum absolute atomic E-state index is 12.1. The molecule has 0 aromatic heterocycles. The molecule has 5 nitrogen and oxygen atoms in total. The number of hydrogen-bond donors (Lipinski definition) is 0. The highest BCUT2D eigenvalue weighted by atomic mass is 16.5. The molecule has 126 valence electrons. The molecule has 1 saturated heterocycles. The van der Waals surface area contributed by atoms with Crippen molar-refractivity contribution in [3.8, 4) is 6.07 Å². The fourth-order valence-corrected chi connectivity index (χ4v) is 3.30. The second-order valence-corrected chi connectivity index (χ2v) is 6.54. The molecule has 3 rings (SSSR count). The summed E-state index contributed by atoms with van der Waals surface area (Å²) in [5.41, 5.74) is 1.64. The van der Waals surface area contributed by atoms with Gasteiger partial charge in [-0.25, -0.2) is 0 Å². The van der Waals surface area contributed by atoms with Gasteiger partial charge in [-0.1, -0.05) is 18.6 Å². The van der Waals surface area contributed by atoms with Gasteiger partial charge in [-0.3, -0.25) is 9.59 Å². The van der Waals surface area contributed by atoms with E-state index in [1.54, 1.807) is 11.0 Å². The Bertz CT molecular complexity index is 665. The zero-order chi connectivity index (χ0) is 16.9. The minimum Gasteiger partial charge on any atom is -0.464 e. The molecule has 0 bridgehead atoms. The van der Waals surface area contributed by atoms with Crippen LogP contribution in [0, 0.1) is 17.2 Å². The van der Waals surface area contributed by atoms with Crippen molar-refractivity contribution < 1.29 is 14.3 Å². The number of esters is 1. The molecule has 1 aliphatic carbocycles. The standard InChI is InChI=1S/C19H22N2O3/c20-13-14-5-4-6-15(11-14)16-12-17(16)19(23)24-10-9-21-8-3-1-2-7-18(21)22/h4-6,11,16-17H,1-3,7-10,12H2/t16-,17-/m0/s1. The average Bonchev–Trinajstić information content (AvgIpc) is 3.41. The van der Waals surface area contributed by atoms with Crippen LogP contribution in [0.4, 0.5) is 0 Å². The van der Waals surface area contributed by atoms with Gasteiger partial charge in [0.05, 0.1) is 24.1 Å². The van der Waals surface area contributed by atoms with Crippen molar-refractivity contribution in [1.29, 1.82) is 5.26 Å². The van der Waals surface area contributed by atoms with E-state index in [-0.39, 0.29) is 30.3 Å². The lowest BCUT2D eigenvalue weighted by Crippen LogP contribution is -2.34. The molecular weight excluding hydrogens is 304 g/mol. The third-order valence-corrected chi connectivity index (χ3v) is 4.81. The second-order valence-electron chi connectivity index (χ2n) is 6.54. The van der Waals surface area contributed by atoms with Crippen LogP contribution in [0.1, 0.15) is 49.1 Å². The van der Waals surface area contributed by atoms with Gasteiger partial charge in [0.15, 0.2) is 0 Å². The molecule has 2 aliphatic rings. The van der Waals surface area contributed by atoms with Gasteiger partial charge < -0.3 is 9.64 Å².